The predicted molar refractivity (Wildman–Crippen MR) is 72.2 cm³/mol. The van der Waals surface area contributed by atoms with E-state index in [1.165, 1.54) is 25.1 Å². The van der Waals surface area contributed by atoms with Gasteiger partial charge in [0.05, 0.1) is 5.56 Å². The lowest BCUT2D eigenvalue weighted by Gasteiger charge is -2.19. The number of aliphatic carboxylic acids is 1. The minimum atomic E-state index is -4.49. The second kappa shape index (κ2) is 5.62. The summed E-state index contributed by atoms with van der Waals surface area (Å²) < 4.78 is 38.9. The van der Waals surface area contributed by atoms with Crippen molar-refractivity contribution in [2.45, 2.75) is 43.8 Å². The van der Waals surface area contributed by atoms with E-state index >= 15 is 0 Å². The molecule has 1 aliphatic rings. The molecule has 0 saturated heterocycles. The minimum absolute atomic E-state index is 0.0327. The lowest BCUT2D eigenvalue weighted by atomic mass is 9.92. The van der Waals surface area contributed by atoms with Gasteiger partial charge >= 0.3 is 12.1 Å². The highest BCUT2D eigenvalue weighted by Crippen LogP contribution is 2.38. The maximum atomic E-state index is 13.0. The Morgan fingerprint density at radius 1 is 1.32 bits per heavy atom. The number of rotatable bonds is 5. The number of halogens is 3. The molecule has 1 unspecified atom stereocenters. The van der Waals surface area contributed by atoms with E-state index in [1.54, 1.807) is 0 Å². The van der Waals surface area contributed by atoms with Gasteiger partial charge in [0, 0.05) is 6.42 Å². The highest BCUT2D eigenvalue weighted by Gasteiger charge is 2.51. The van der Waals surface area contributed by atoms with Crippen LogP contribution in [0.1, 0.15) is 43.2 Å². The molecule has 0 spiro atoms. The average molecular weight is 315 g/mol. The van der Waals surface area contributed by atoms with Gasteiger partial charge in [-0.05, 0) is 30.4 Å². The maximum Gasteiger partial charge on any atom is 0.416 e. The van der Waals surface area contributed by atoms with Crippen LogP contribution in [0.2, 0.25) is 0 Å². The van der Waals surface area contributed by atoms with E-state index in [9.17, 15) is 22.8 Å². The molecule has 1 aromatic carbocycles. The Morgan fingerprint density at radius 3 is 2.41 bits per heavy atom. The molecule has 22 heavy (non-hydrogen) atoms. The monoisotopic (exact) mass is 315 g/mol. The van der Waals surface area contributed by atoms with Crippen LogP contribution < -0.4 is 5.32 Å². The standard InChI is InChI=1S/C15H16F3NO3/c1-9(8-12(20)19-14(6-7-14)13(21)22)10-4-2-3-5-11(10)15(16,17)18/h2-5,9H,6-8H2,1H3,(H,19,20)(H,21,22). The zero-order valence-electron chi connectivity index (χ0n) is 11.9. The van der Waals surface area contributed by atoms with Crippen LogP contribution in [0.3, 0.4) is 0 Å². The van der Waals surface area contributed by atoms with Crippen molar-refractivity contribution in [1.29, 1.82) is 0 Å². The molecule has 7 heteroatoms. The summed E-state index contributed by atoms with van der Waals surface area (Å²) in [6, 6.07) is 5.09. The Morgan fingerprint density at radius 2 is 1.91 bits per heavy atom. The number of nitrogens with one attached hydrogen (secondary N) is 1. The van der Waals surface area contributed by atoms with Crippen molar-refractivity contribution in [3.05, 3.63) is 35.4 Å². The van der Waals surface area contributed by atoms with Crippen molar-refractivity contribution in [2.24, 2.45) is 0 Å². The smallest absolute Gasteiger partial charge is 0.416 e. The lowest BCUT2D eigenvalue weighted by Crippen LogP contribution is -2.43. The van der Waals surface area contributed by atoms with Crippen LogP contribution in [0, 0.1) is 0 Å². The minimum Gasteiger partial charge on any atom is -0.480 e. The Kier molecular flexibility index (Phi) is 4.17. The highest BCUT2D eigenvalue weighted by molar-refractivity contribution is 5.89. The van der Waals surface area contributed by atoms with Gasteiger partial charge in [-0.15, -0.1) is 0 Å². The fourth-order valence-electron chi connectivity index (χ4n) is 2.41. The van der Waals surface area contributed by atoms with E-state index in [-0.39, 0.29) is 12.0 Å². The fourth-order valence-corrected chi connectivity index (χ4v) is 2.41. The summed E-state index contributed by atoms with van der Waals surface area (Å²) >= 11 is 0. The molecule has 2 rings (SSSR count). The average Bonchev–Trinajstić information content (AvgIpc) is 3.18. The number of hydrogen-bond acceptors (Lipinski definition) is 2. The summed E-state index contributed by atoms with van der Waals surface area (Å²) in [7, 11) is 0. The van der Waals surface area contributed by atoms with E-state index in [2.05, 4.69) is 5.32 Å². The number of hydrogen-bond donors (Lipinski definition) is 2. The molecular formula is C15H16F3NO3. The number of alkyl halides is 3. The first kappa shape index (κ1) is 16.3. The van der Waals surface area contributed by atoms with Gasteiger partial charge in [0.15, 0.2) is 0 Å². The van der Waals surface area contributed by atoms with Crippen molar-refractivity contribution in [3.63, 3.8) is 0 Å². The third-order valence-corrected chi connectivity index (χ3v) is 3.83. The molecule has 4 nitrogen and oxygen atoms in total. The van der Waals surface area contributed by atoms with E-state index in [0.29, 0.717) is 12.8 Å². The maximum absolute atomic E-state index is 13.0. The Balaban J connectivity index is 2.08. The van der Waals surface area contributed by atoms with Gasteiger partial charge < -0.3 is 10.4 Å². The van der Waals surface area contributed by atoms with E-state index in [4.69, 9.17) is 5.11 Å². The largest absolute Gasteiger partial charge is 0.480 e. The summed E-state index contributed by atoms with van der Waals surface area (Å²) in [6.07, 6.45) is -3.98. The van der Waals surface area contributed by atoms with Crippen molar-refractivity contribution in [2.75, 3.05) is 0 Å². The van der Waals surface area contributed by atoms with Crippen LogP contribution in [0.4, 0.5) is 13.2 Å². The molecule has 1 saturated carbocycles. The Hall–Kier alpha value is -2.05. The molecule has 0 radical (unpaired) electrons. The van der Waals surface area contributed by atoms with Crippen molar-refractivity contribution < 1.29 is 27.9 Å². The summed E-state index contributed by atoms with van der Waals surface area (Å²) in [6.45, 7) is 1.52. The Bertz CT molecular complexity index is 594. The molecule has 120 valence electrons. The molecule has 0 bridgehead atoms. The Labute approximate surface area is 125 Å². The lowest BCUT2D eigenvalue weighted by molar-refractivity contribution is -0.143. The molecule has 0 aromatic heterocycles. The molecule has 1 aliphatic carbocycles. The van der Waals surface area contributed by atoms with Crippen LogP contribution >= 0.6 is 0 Å². The second-order valence-electron chi connectivity index (χ2n) is 5.63. The van der Waals surface area contributed by atoms with Gasteiger partial charge in [0.25, 0.3) is 0 Å². The van der Waals surface area contributed by atoms with Gasteiger partial charge in [-0.2, -0.15) is 13.2 Å². The number of carboxylic acid groups (broad SMARTS) is 1. The van der Waals surface area contributed by atoms with Gasteiger partial charge in [-0.3, -0.25) is 4.79 Å². The normalized spacial score (nSPS) is 17.6. The van der Waals surface area contributed by atoms with E-state index in [1.807, 2.05) is 0 Å². The SMILES string of the molecule is CC(CC(=O)NC1(C(=O)O)CC1)c1ccccc1C(F)(F)F. The summed E-state index contributed by atoms with van der Waals surface area (Å²) in [5.74, 6) is -2.32. The molecule has 0 heterocycles. The van der Waals surface area contributed by atoms with Crippen molar-refractivity contribution in [3.8, 4) is 0 Å². The van der Waals surface area contributed by atoms with E-state index in [0.717, 1.165) is 6.07 Å². The zero-order valence-corrected chi connectivity index (χ0v) is 11.9. The van der Waals surface area contributed by atoms with Gasteiger partial charge in [0.2, 0.25) is 5.91 Å². The number of benzene rings is 1. The zero-order chi connectivity index (χ0) is 16.5. The molecule has 1 fully saturated rings. The van der Waals surface area contributed by atoms with Crippen LogP contribution in [-0.2, 0) is 15.8 Å². The van der Waals surface area contributed by atoms with Gasteiger partial charge in [0.1, 0.15) is 5.54 Å². The van der Waals surface area contributed by atoms with Crippen molar-refractivity contribution >= 4 is 11.9 Å². The number of carbonyl (C=O) groups excluding carboxylic acids is 1. The van der Waals surface area contributed by atoms with Crippen LogP contribution in [0.15, 0.2) is 24.3 Å². The molecule has 0 aliphatic heterocycles. The highest BCUT2D eigenvalue weighted by atomic mass is 19.4. The van der Waals surface area contributed by atoms with Crippen LogP contribution in [-0.4, -0.2) is 22.5 Å². The fraction of sp³-hybridized carbons (Fsp3) is 0.467. The predicted octanol–water partition coefficient (Wildman–Crippen LogP) is 2.93. The topological polar surface area (TPSA) is 66.4 Å². The molecular weight excluding hydrogens is 299 g/mol. The second-order valence-corrected chi connectivity index (χ2v) is 5.63. The first-order chi connectivity index (χ1) is 10.2. The van der Waals surface area contributed by atoms with Gasteiger partial charge in [-0.1, -0.05) is 25.1 Å². The molecule has 1 amide bonds. The quantitative estimate of drug-likeness (QED) is 0.878. The molecule has 2 N–H and O–H groups in total. The third kappa shape index (κ3) is 3.40. The summed E-state index contributed by atoms with van der Waals surface area (Å²) in [5, 5.41) is 11.4. The number of carbonyl (C=O) groups is 2. The molecule has 1 aromatic rings. The van der Waals surface area contributed by atoms with Crippen molar-refractivity contribution in [1.82, 2.24) is 5.32 Å². The summed E-state index contributed by atoms with van der Waals surface area (Å²) in [4.78, 5) is 22.9. The van der Waals surface area contributed by atoms with E-state index < -0.39 is 35.1 Å². The third-order valence-electron chi connectivity index (χ3n) is 3.83. The first-order valence-electron chi connectivity index (χ1n) is 6.86. The number of amides is 1. The van der Waals surface area contributed by atoms with Crippen LogP contribution in [0.25, 0.3) is 0 Å². The number of carboxylic acids is 1. The first-order valence-corrected chi connectivity index (χ1v) is 6.86. The van der Waals surface area contributed by atoms with Crippen LogP contribution in [0.5, 0.6) is 0 Å². The van der Waals surface area contributed by atoms with Gasteiger partial charge in [-0.25, -0.2) is 4.79 Å². The summed E-state index contributed by atoms with van der Waals surface area (Å²) in [5.41, 5.74) is -1.96. The molecule has 1 atom stereocenters.